The van der Waals surface area contributed by atoms with Crippen molar-refractivity contribution >= 4 is 10.1 Å². The van der Waals surface area contributed by atoms with E-state index >= 15 is 0 Å². The van der Waals surface area contributed by atoms with E-state index in [0.29, 0.717) is 10.9 Å². The lowest BCUT2D eigenvalue weighted by atomic mass is 10.1. The summed E-state index contributed by atoms with van der Waals surface area (Å²) in [5, 5.41) is 0. The van der Waals surface area contributed by atoms with E-state index in [4.69, 9.17) is 0 Å². The second-order valence-electron chi connectivity index (χ2n) is 11.5. The monoisotopic (exact) mass is 568 g/mol. The zero-order valence-electron chi connectivity index (χ0n) is 26.3. The number of quaternary nitrogens is 1. The molecule has 0 aliphatic rings. The average molecular weight is 569 g/mol. The zero-order chi connectivity index (χ0) is 28.9. The molecule has 0 unspecified atom stereocenters. The van der Waals surface area contributed by atoms with Gasteiger partial charge in [0.15, 0.2) is 0 Å². The molecule has 39 heavy (non-hydrogen) atoms. The van der Waals surface area contributed by atoms with Gasteiger partial charge in [0.2, 0.25) is 0 Å². The third kappa shape index (κ3) is 27.0. The van der Waals surface area contributed by atoms with Crippen molar-refractivity contribution in [3.05, 3.63) is 36.8 Å². The summed E-state index contributed by atoms with van der Waals surface area (Å²) in [6, 6.07) is 0. The Bertz CT molecular complexity index is 647. The Kier molecular flexibility index (Phi) is 26.6. The Labute approximate surface area is 244 Å². The van der Waals surface area contributed by atoms with E-state index in [2.05, 4.69) is 57.6 Å². The standard InChI is InChI=1S/C34H65NO3S/c1-4-7-10-13-16-19-22-25-30-35(33-28-29-34-39(36,37)38,31-26-23-20-17-14-11-8-5-2)32-27-24-21-18-15-12-9-6-3/h25-27,30-32H,4-24,28-29,33-34H2,1-3H3/p+1/b30-25+,31-26+,32-27+. The number of allylic oxidation sites excluding steroid dienone is 3. The van der Waals surface area contributed by atoms with Gasteiger partial charge in [0.1, 0.15) is 18.6 Å². The van der Waals surface area contributed by atoms with Gasteiger partial charge in [-0.25, -0.2) is 4.48 Å². The molecule has 0 amide bonds. The Morgan fingerprint density at radius 1 is 0.487 bits per heavy atom. The molecule has 0 saturated carbocycles. The van der Waals surface area contributed by atoms with Crippen LogP contribution in [0.25, 0.3) is 0 Å². The van der Waals surface area contributed by atoms with Crippen LogP contribution in [0.3, 0.4) is 0 Å². The molecular formula is C34H66NO3S+. The maximum absolute atomic E-state index is 11.3. The van der Waals surface area contributed by atoms with Gasteiger partial charge in [0.25, 0.3) is 10.1 Å². The summed E-state index contributed by atoms with van der Waals surface area (Å²) in [5.74, 6) is -0.155. The maximum Gasteiger partial charge on any atom is 0.264 e. The fourth-order valence-corrected chi connectivity index (χ4v) is 5.55. The molecule has 0 aromatic rings. The van der Waals surface area contributed by atoms with Gasteiger partial charge in [0.05, 0.1) is 12.3 Å². The van der Waals surface area contributed by atoms with Gasteiger partial charge < -0.3 is 0 Å². The molecule has 0 aliphatic carbocycles. The van der Waals surface area contributed by atoms with Gasteiger partial charge in [-0.05, 0) is 69.6 Å². The summed E-state index contributed by atoms with van der Waals surface area (Å²) in [4.78, 5) is 0. The fraction of sp³-hybridized carbons (Fsp3) is 0.824. The molecule has 0 aliphatic heterocycles. The van der Waals surface area contributed by atoms with E-state index in [9.17, 15) is 13.0 Å². The first-order valence-electron chi connectivity index (χ1n) is 16.7. The van der Waals surface area contributed by atoms with Crippen molar-refractivity contribution < 1.29 is 17.5 Å². The Morgan fingerprint density at radius 2 is 0.821 bits per heavy atom. The molecular weight excluding hydrogens is 502 g/mol. The number of unbranched alkanes of at least 4 members (excludes halogenated alkanes) is 19. The third-order valence-corrected chi connectivity index (χ3v) is 8.32. The first-order chi connectivity index (χ1) is 18.9. The van der Waals surface area contributed by atoms with Crippen LogP contribution < -0.4 is 0 Å². The molecule has 0 heterocycles. The Morgan fingerprint density at radius 3 is 1.15 bits per heavy atom. The van der Waals surface area contributed by atoms with Crippen LogP contribution in [0, 0.1) is 0 Å². The van der Waals surface area contributed by atoms with Crippen molar-refractivity contribution in [2.45, 2.75) is 168 Å². The maximum atomic E-state index is 11.3. The highest BCUT2D eigenvalue weighted by molar-refractivity contribution is 7.85. The van der Waals surface area contributed by atoms with Crippen LogP contribution in [0.2, 0.25) is 0 Å². The largest absolute Gasteiger partial charge is 0.286 e. The lowest BCUT2D eigenvalue weighted by molar-refractivity contribution is -0.774. The van der Waals surface area contributed by atoms with Crippen LogP contribution in [0.1, 0.15) is 168 Å². The van der Waals surface area contributed by atoms with Crippen molar-refractivity contribution in [2.75, 3.05) is 12.3 Å². The van der Waals surface area contributed by atoms with Gasteiger partial charge in [-0.3, -0.25) is 4.55 Å². The minimum atomic E-state index is -3.91. The van der Waals surface area contributed by atoms with Crippen molar-refractivity contribution in [1.82, 2.24) is 0 Å². The molecule has 0 radical (unpaired) electrons. The van der Waals surface area contributed by atoms with Crippen LogP contribution in [0.5, 0.6) is 0 Å². The SMILES string of the molecule is CCCCCCCC/C=C/[N+](/C=C/CCCCCCCC)(/C=C/CCCCCCCC)CCCCS(=O)(=O)O. The van der Waals surface area contributed by atoms with Crippen LogP contribution in [0.4, 0.5) is 0 Å². The molecule has 0 aromatic heterocycles. The molecule has 0 saturated heterocycles. The summed E-state index contributed by atoms with van der Waals surface area (Å²) in [7, 11) is -3.91. The summed E-state index contributed by atoms with van der Waals surface area (Å²) in [6.07, 6.45) is 42.0. The average Bonchev–Trinajstić information content (AvgIpc) is 2.90. The molecule has 0 bridgehead atoms. The summed E-state index contributed by atoms with van der Waals surface area (Å²) >= 11 is 0. The molecule has 4 nitrogen and oxygen atoms in total. The predicted octanol–water partition coefficient (Wildman–Crippen LogP) is 11.3. The van der Waals surface area contributed by atoms with Gasteiger partial charge in [-0.1, -0.05) is 117 Å². The van der Waals surface area contributed by atoms with E-state index in [1.165, 1.54) is 116 Å². The Balaban J connectivity index is 5.24. The van der Waals surface area contributed by atoms with E-state index in [0.717, 1.165) is 32.2 Å². The normalized spacial score (nSPS) is 13.0. The third-order valence-electron chi connectivity index (χ3n) is 7.52. The number of hydrogen-bond donors (Lipinski definition) is 1. The topological polar surface area (TPSA) is 54.4 Å². The first-order valence-corrected chi connectivity index (χ1v) is 18.4. The molecule has 0 atom stereocenters. The van der Waals surface area contributed by atoms with Crippen molar-refractivity contribution in [1.29, 1.82) is 0 Å². The van der Waals surface area contributed by atoms with Gasteiger partial charge in [-0.15, -0.1) is 0 Å². The van der Waals surface area contributed by atoms with Gasteiger partial charge in [0, 0.05) is 0 Å². The second kappa shape index (κ2) is 27.3. The summed E-state index contributed by atoms with van der Waals surface area (Å²) < 4.78 is 32.4. The quantitative estimate of drug-likeness (QED) is 0.0554. The molecule has 0 fully saturated rings. The highest BCUT2D eigenvalue weighted by Gasteiger charge is 2.19. The number of rotatable bonds is 29. The Hall–Kier alpha value is -0.910. The zero-order valence-corrected chi connectivity index (χ0v) is 27.1. The van der Waals surface area contributed by atoms with E-state index < -0.39 is 10.1 Å². The van der Waals surface area contributed by atoms with Crippen LogP contribution >= 0.6 is 0 Å². The van der Waals surface area contributed by atoms with E-state index in [1.807, 2.05) is 0 Å². The lowest BCUT2D eigenvalue weighted by Crippen LogP contribution is -2.32. The van der Waals surface area contributed by atoms with Crippen molar-refractivity contribution in [3.63, 3.8) is 0 Å². The number of nitrogens with zero attached hydrogens (tertiary/aromatic N) is 1. The predicted molar refractivity (Wildman–Crippen MR) is 172 cm³/mol. The summed E-state index contributed by atoms with van der Waals surface area (Å²) in [5.41, 5.74) is 0. The van der Waals surface area contributed by atoms with E-state index in [1.54, 1.807) is 0 Å². The van der Waals surface area contributed by atoms with E-state index in [-0.39, 0.29) is 5.75 Å². The van der Waals surface area contributed by atoms with Crippen LogP contribution in [-0.2, 0) is 10.1 Å². The lowest BCUT2D eigenvalue weighted by Gasteiger charge is -2.27. The number of hydrogen-bond acceptors (Lipinski definition) is 2. The molecule has 1 N–H and O–H groups in total. The minimum Gasteiger partial charge on any atom is -0.286 e. The molecule has 0 rings (SSSR count). The molecule has 230 valence electrons. The molecule has 0 aromatic carbocycles. The minimum absolute atomic E-state index is 0.155. The summed E-state index contributed by atoms with van der Waals surface area (Å²) in [6.45, 7) is 7.60. The highest BCUT2D eigenvalue weighted by atomic mass is 32.2. The second-order valence-corrected chi connectivity index (χ2v) is 13.1. The van der Waals surface area contributed by atoms with Gasteiger partial charge in [-0.2, -0.15) is 8.42 Å². The van der Waals surface area contributed by atoms with Crippen LogP contribution in [0.15, 0.2) is 36.8 Å². The smallest absolute Gasteiger partial charge is 0.264 e. The van der Waals surface area contributed by atoms with Crippen molar-refractivity contribution in [2.24, 2.45) is 0 Å². The first kappa shape index (κ1) is 38.1. The highest BCUT2D eigenvalue weighted by Crippen LogP contribution is 2.19. The fourth-order valence-electron chi connectivity index (χ4n) is 4.98. The van der Waals surface area contributed by atoms with Crippen molar-refractivity contribution in [3.8, 4) is 0 Å². The molecule has 5 heteroatoms. The van der Waals surface area contributed by atoms with Gasteiger partial charge >= 0.3 is 0 Å². The molecule has 0 spiro atoms. The van der Waals surface area contributed by atoms with Crippen LogP contribution in [-0.4, -0.2) is 29.8 Å².